The normalized spacial score (nSPS) is 13.1. The summed E-state index contributed by atoms with van der Waals surface area (Å²) in [6.45, 7) is 4.56. The Labute approximate surface area is 321 Å². The Bertz CT molecular complexity index is 2550. The van der Waals surface area contributed by atoms with E-state index in [1.165, 1.54) is 37.6 Å². The molecule has 8 aromatic rings. The summed E-state index contributed by atoms with van der Waals surface area (Å²) in [5, 5.41) is 4.02. The van der Waals surface area contributed by atoms with Gasteiger partial charge < -0.3 is 9.97 Å². The molecule has 0 saturated carbocycles. The Kier molecular flexibility index (Phi) is 9.11. The van der Waals surface area contributed by atoms with E-state index in [1.807, 2.05) is 59.9 Å². The quantitative estimate of drug-likeness (QED) is 0.123. The summed E-state index contributed by atoms with van der Waals surface area (Å²) < 4.78 is 43.8. The molecule has 8 rings (SSSR count). The van der Waals surface area contributed by atoms with Gasteiger partial charge >= 0.3 is 0 Å². The number of nitrogens with zero attached hydrogens (tertiary/aromatic N) is 2. The molecule has 0 atom stereocenters. The van der Waals surface area contributed by atoms with Crippen LogP contribution >= 0.6 is 11.3 Å². The van der Waals surface area contributed by atoms with Crippen molar-refractivity contribution in [2.75, 3.05) is 0 Å². The number of fused-ring (bicyclic) bond motifs is 3. The molecule has 0 saturated heterocycles. The van der Waals surface area contributed by atoms with Crippen molar-refractivity contribution in [3.8, 4) is 33.6 Å². The molecule has 0 amide bonds. The number of thiophene rings is 1. The number of hydrogen-bond acceptors (Lipinski definition) is 3. The molecule has 5 heteroatoms. The summed E-state index contributed by atoms with van der Waals surface area (Å²) in [6.07, 6.45) is 1.32. The van der Waals surface area contributed by atoms with E-state index in [0.29, 0.717) is 16.8 Å². The van der Waals surface area contributed by atoms with Crippen LogP contribution in [0, 0.1) is 19.0 Å². The predicted octanol–water partition coefficient (Wildman–Crippen LogP) is 11.6. The second kappa shape index (κ2) is 15.6. The van der Waals surface area contributed by atoms with Gasteiger partial charge in [0, 0.05) is 44.1 Å². The van der Waals surface area contributed by atoms with Gasteiger partial charge in [-0.25, -0.2) is 0 Å². The van der Waals surface area contributed by atoms with Gasteiger partial charge in [0.2, 0.25) is 0 Å². The first-order valence-corrected chi connectivity index (χ1v) is 20.6. The van der Waals surface area contributed by atoms with Gasteiger partial charge in [-0.3, -0.25) is 0 Å². The fourth-order valence-electron chi connectivity index (χ4n) is 5.67. The molecule has 3 heterocycles. The van der Waals surface area contributed by atoms with E-state index in [4.69, 9.17) is 11.8 Å². The number of aromatic nitrogens is 2. The molecule has 2 nitrogen and oxygen atoms in total. The average Bonchev–Trinajstić information content (AvgIpc) is 3.57. The first-order chi connectivity index (χ1) is 25.8. The van der Waals surface area contributed by atoms with Gasteiger partial charge in [-0.1, -0.05) is 122 Å². The van der Waals surface area contributed by atoms with Gasteiger partial charge in [0.05, 0.1) is 8.07 Å². The van der Waals surface area contributed by atoms with Crippen LogP contribution in [0.3, 0.4) is 0 Å². The van der Waals surface area contributed by atoms with Crippen molar-refractivity contribution >= 4 is 44.8 Å². The molecule has 0 aliphatic heterocycles. The molecule has 0 N–H and O–H groups in total. The monoisotopic (exact) mass is 864 g/mol. The van der Waals surface area contributed by atoms with Crippen LogP contribution in [0.5, 0.6) is 0 Å². The molecule has 0 aliphatic carbocycles. The van der Waals surface area contributed by atoms with Crippen LogP contribution in [0.25, 0.3) is 53.8 Å². The van der Waals surface area contributed by atoms with Crippen LogP contribution in [-0.2, 0) is 26.5 Å². The number of aryl methyl sites for hydroxylation is 1. The standard InChI is InChI=1S/C25H20N.C20H18NSSi.Ir/c1-19-18-26-25(17-24(19)15-20-9-4-2-5-10-20)23-14-8-13-22(16-23)21-11-6-3-7-12-21;1-23(2,3)14-11-12-18(21-13-14)17-9-6-8-16-15-7-4-5-10-19(15)22-20(16)17;/h2-13,16-18H,15H2,1H3;4-8,10-13H,1-3H3;/q2*-1;/i1D3,15D2;;. The van der Waals surface area contributed by atoms with Crippen molar-refractivity contribution in [3.63, 3.8) is 0 Å². The Morgan fingerprint density at radius 2 is 1.42 bits per heavy atom. The van der Waals surface area contributed by atoms with E-state index in [2.05, 4.69) is 85.4 Å². The third-order valence-corrected chi connectivity index (χ3v) is 11.6. The predicted molar refractivity (Wildman–Crippen MR) is 212 cm³/mol. The minimum atomic E-state index is -2.49. The number of benzene rings is 5. The average molecular weight is 864 g/mol. The first-order valence-electron chi connectivity index (χ1n) is 18.7. The Hall–Kier alpha value is -4.51. The third-order valence-electron chi connectivity index (χ3n) is 8.37. The number of pyridine rings is 2. The summed E-state index contributed by atoms with van der Waals surface area (Å²) in [6, 6.07) is 49.4. The minimum Gasteiger partial charge on any atom is -0.305 e. The molecule has 5 aromatic carbocycles. The van der Waals surface area contributed by atoms with Crippen molar-refractivity contribution < 1.29 is 27.0 Å². The largest absolute Gasteiger partial charge is 0.305 e. The molecular weight excluding hydrogens is 821 g/mol. The second-order valence-electron chi connectivity index (χ2n) is 12.8. The zero-order chi connectivity index (χ0) is 38.1. The van der Waals surface area contributed by atoms with Crippen molar-refractivity contribution in [1.29, 1.82) is 0 Å². The smallest absolute Gasteiger partial charge is 0.0795 e. The molecule has 0 spiro atoms. The summed E-state index contributed by atoms with van der Waals surface area (Å²) in [4.78, 5) is 9.11. The molecule has 249 valence electrons. The zero-order valence-electron chi connectivity index (χ0n) is 33.0. The van der Waals surface area contributed by atoms with Crippen LogP contribution < -0.4 is 5.19 Å². The Morgan fingerprint density at radius 3 is 2.16 bits per heavy atom. The molecule has 0 fully saturated rings. The summed E-state index contributed by atoms with van der Waals surface area (Å²) in [5.41, 5.74) is 5.67. The van der Waals surface area contributed by atoms with Gasteiger partial charge in [0.1, 0.15) is 0 Å². The van der Waals surface area contributed by atoms with Gasteiger partial charge in [-0.05, 0) is 68.2 Å². The van der Waals surface area contributed by atoms with Gasteiger partial charge in [-0.2, -0.15) is 11.3 Å². The maximum atomic E-state index is 8.74. The third kappa shape index (κ3) is 7.93. The number of hydrogen-bond donors (Lipinski definition) is 0. The van der Waals surface area contributed by atoms with E-state index in [1.54, 1.807) is 36.4 Å². The van der Waals surface area contributed by atoms with Gasteiger partial charge in [0.15, 0.2) is 0 Å². The fraction of sp³-hybridized carbons (Fsp3) is 0.111. The fourth-order valence-corrected chi connectivity index (χ4v) is 7.92. The maximum absolute atomic E-state index is 8.74. The van der Waals surface area contributed by atoms with Crippen LogP contribution in [0.15, 0.2) is 146 Å². The topological polar surface area (TPSA) is 25.8 Å². The molecule has 3 aromatic heterocycles. The minimum absolute atomic E-state index is 0. The molecule has 0 unspecified atom stereocenters. The van der Waals surface area contributed by atoms with Crippen molar-refractivity contribution in [2.24, 2.45) is 0 Å². The summed E-state index contributed by atoms with van der Waals surface area (Å²) >= 11 is 1.83. The van der Waals surface area contributed by atoms with Crippen molar-refractivity contribution in [2.45, 2.75) is 32.9 Å². The number of rotatable bonds is 6. The van der Waals surface area contributed by atoms with Crippen LogP contribution in [0.2, 0.25) is 19.6 Å². The van der Waals surface area contributed by atoms with E-state index in [0.717, 1.165) is 22.4 Å². The van der Waals surface area contributed by atoms with E-state index < -0.39 is 21.3 Å². The molecule has 1 radical (unpaired) electrons. The molecule has 0 bridgehead atoms. The first kappa shape index (κ1) is 29.2. The van der Waals surface area contributed by atoms with Gasteiger partial charge in [-0.15, -0.1) is 59.2 Å². The Morgan fingerprint density at radius 1 is 0.700 bits per heavy atom. The van der Waals surface area contributed by atoms with Gasteiger partial charge in [0.25, 0.3) is 0 Å². The van der Waals surface area contributed by atoms with Crippen LogP contribution in [-0.4, -0.2) is 18.0 Å². The molecular formula is C45H38IrN2SSi-2. The second-order valence-corrected chi connectivity index (χ2v) is 19.0. The zero-order valence-corrected chi connectivity index (χ0v) is 32.2. The van der Waals surface area contributed by atoms with Crippen molar-refractivity contribution in [3.05, 3.63) is 175 Å². The van der Waals surface area contributed by atoms with Crippen LogP contribution in [0.1, 0.15) is 23.5 Å². The van der Waals surface area contributed by atoms with E-state index in [-0.39, 0.29) is 31.2 Å². The van der Waals surface area contributed by atoms with Crippen molar-refractivity contribution in [1.82, 2.24) is 9.97 Å². The van der Waals surface area contributed by atoms with Crippen LogP contribution in [0.4, 0.5) is 0 Å². The summed E-state index contributed by atoms with van der Waals surface area (Å²) in [7, 11) is -1.31. The maximum Gasteiger partial charge on any atom is 0.0795 e. The van der Waals surface area contributed by atoms with E-state index in [9.17, 15) is 0 Å². The molecule has 0 aliphatic rings. The molecule has 50 heavy (non-hydrogen) atoms. The Balaban J connectivity index is 0.000000191. The van der Waals surface area contributed by atoms with E-state index >= 15 is 0 Å². The SMILES string of the molecule is C[Si](C)(C)c1ccc(-c2[c-]ccc3c2sc2ccccc23)nc1.[2H]C([2H])([2H])c1cnc(-c2[c-]ccc(-c3ccccc3)c2)cc1C([2H])([2H])c1ccccc1.[Ir]. The summed E-state index contributed by atoms with van der Waals surface area (Å²) in [5.74, 6) is 0.